The normalized spacial score (nSPS) is 14.0. The number of carbonyl (C=O) groups is 1. The number of para-hydroxylation sites is 1. The number of fused-ring (bicyclic) bond motifs is 2. The van der Waals surface area contributed by atoms with E-state index in [1.807, 2.05) is 12.1 Å². The summed E-state index contributed by atoms with van der Waals surface area (Å²) in [7, 11) is 0. The Morgan fingerprint density at radius 3 is 2.52 bits per heavy atom. The van der Waals surface area contributed by atoms with Crippen molar-refractivity contribution in [2.45, 2.75) is 45.7 Å². The molecule has 0 radical (unpaired) electrons. The van der Waals surface area contributed by atoms with E-state index in [0.717, 1.165) is 59.0 Å². The van der Waals surface area contributed by atoms with Crippen LogP contribution in [0.4, 0.5) is 0 Å². The van der Waals surface area contributed by atoms with Crippen molar-refractivity contribution >= 4 is 32.6 Å². The van der Waals surface area contributed by atoms with Gasteiger partial charge in [0.15, 0.2) is 5.78 Å². The van der Waals surface area contributed by atoms with Gasteiger partial charge >= 0.3 is 0 Å². The lowest BCUT2D eigenvalue weighted by atomic mass is 10.1. The van der Waals surface area contributed by atoms with Crippen LogP contribution in [0.5, 0.6) is 0 Å². The van der Waals surface area contributed by atoms with Crippen LogP contribution in [0.25, 0.3) is 10.9 Å². The standard InChI is InChI=1S/C23H25BrN2O/c1-15-22(16(2)27)20-9-5-10-21(24)23(20)26(15)12-6-11-25-19-13-17-7-3-4-8-18(17)14-19/h3-5,7-10,19,25H,6,11-14H2,1-2H3. The number of halogens is 1. The molecule has 1 aliphatic carbocycles. The second kappa shape index (κ2) is 7.61. The van der Waals surface area contributed by atoms with E-state index < -0.39 is 0 Å². The van der Waals surface area contributed by atoms with Crippen molar-refractivity contribution in [2.24, 2.45) is 0 Å². The minimum atomic E-state index is 0.135. The first-order chi connectivity index (χ1) is 13.1. The van der Waals surface area contributed by atoms with E-state index in [2.05, 4.69) is 63.1 Å². The second-order valence-electron chi connectivity index (χ2n) is 7.49. The number of benzene rings is 2. The summed E-state index contributed by atoms with van der Waals surface area (Å²) >= 11 is 3.68. The van der Waals surface area contributed by atoms with Crippen LogP contribution in [-0.2, 0) is 19.4 Å². The molecule has 0 atom stereocenters. The summed E-state index contributed by atoms with van der Waals surface area (Å²) in [6.45, 7) is 5.61. The van der Waals surface area contributed by atoms with Crippen LogP contribution in [0.1, 0.15) is 40.5 Å². The zero-order valence-electron chi connectivity index (χ0n) is 15.9. The van der Waals surface area contributed by atoms with E-state index in [1.165, 1.54) is 11.1 Å². The number of ketones is 1. The van der Waals surface area contributed by atoms with Crippen molar-refractivity contribution in [3.63, 3.8) is 0 Å². The Labute approximate surface area is 168 Å². The Morgan fingerprint density at radius 2 is 1.85 bits per heavy atom. The van der Waals surface area contributed by atoms with Gasteiger partial charge in [-0.2, -0.15) is 0 Å². The lowest BCUT2D eigenvalue weighted by Gasteiger charge is -2.14. The van der Waals surface area contributed by atoms with Crippen molar-refractivity contribution in [3.05, 3.63) is 69.3 Å². The highest BCUT2D eigenvalue weighted by atomic mass is 79.9. The monoisotopic (exact) mass is 424 g/mol. The zero-order valence-corrected chi connectivity index (χ0v) is 17.5. The van der Waals surface area contributed by atoms with Gasteiger partial charge in [0, 0.05) is 33.7 Å². The van der Waals surface area contributed by atoms with E-state index in [-0.39, 0.29) is 5.78 Å². The van der Waals surface area contributed by atoms with Gasteiger partial charge in [-0.25, -0.2) is 0 Å². The van der Waals surface area contributed by atoms with E-state index in [9.17, 15) is 4.79 Å². The molecule has 0 aliphatic heterocycles. The summed E-state index contributed by atoms with van der Waals surface area (Å²) in [6, 6.07) is 15.4. The molecule has 4 rings (SSSR count). The summed E-state index contributed by atoms with van der Waals surface area (Å²) < 4.78 is 3.34. The van der Waals surface area contributed by atoms with Gasteiger partial charge in [-0.05, 0) is 72.8 Å². The molecule has 3 nitrogen and oxygen atoms in total. The van der Waals surface area contributed by atoms with Crippen LogP contribution in [0.2, 0.25) is 0 Å². The molecule has 0 bridgehead atoms. The number of aromatic nitrogens is 1. The maximum atomic E-state index is 12.2. The number of aryl methyl sites for hydroxylation is 1. The number of carbonyl (C=O) groups excluding carboxylic acids is 1. The molecule has 2 aromatic carbocycles. The molecule has 0 spiro atoms. The van der Waals surface area contributed by atoms with Gasteiger partial charge < -0.3 is 9.88 Å². The van der Waals surface area contributed by atoms with Crippen LogP contribution in [0, 0.1) is 6.92 Å². The quantitative estimate of drug-likeness (QED) is 0.443. The third-order valence-corrected chi connectivity index (χ3v) is 6.33. The fourth-order valence-corrected chi connectivity index (χ4v) is 5.04. The second-order valence-corrected chi connectivity index (χ2v) is 8.34. The maximum absolute atomic E-state index is 12.2. The Kier molecular flexibility index (Phi) is 5.20. The molecule has 1 aromatic heterocycles. The summed E-state index contributed by atoms with van der Waals surface area (Å²) in [4.78, 5) is 12.2. The zero-order chi connectivity index (χ0) is 19.0. The molecule has 1 N–H and O–H groups in total. The summed E-state index contributed by atoms with van der Waals surface area (Å²) in [5.41, 5.74) is 6.02. The Morgan fingerprint density at radius 1 is 1.15 bits per heavy atom. The van der Waals surface area contributed by atoms with E-state index in [4.69, 9.17) is 0 Å². The fourth-order valence-electron chi connectivity index (χ4n) is 4.46. The third-order valence-electron chi connectivity index (χ3n) is 5.69. The molecule has 4 heteroatoms. The Bertz CT molecular complexity index is 980. The predicted octanol–water partition coefficient (Wildman–Crippen LogP) is 5.06. The highest BCUT2D eigenvalue weighted by Crippen LogP contribution is 2.32. The van der Waals surface area contributed by atoms with Crippen LogP contribution < -0.4 is 5.32 Å². The highest BCUT2D eigenvalue weighted by molar-refractivity contribution is 9.10. The van der Waals surface area contributed by atoms with Crippen LogP contribution in [-0.4, -0.2) is 22.9 Å². The van der Waals surface area contributed by atoms with Crippen LogP contribution in [0.3, 0.4) is 0 Å². The number of rotatable bonds is 6. The number of nitrogens with zero attached hydrogens (tertiary/aromatic N) is 1. The molecular weight excluding hydrogens is 400 g/mol. The van der Waals surface area contributed by atoms with E-state index >= 15 is 0 Å². The lowest BCUT2D eigenvalue weighted by Crippen LogP contribution is -2.30. The van der Waals surface area contributed by atoms with Gasteiger partial charge in [0.2, 0.25) is 0 Å². The summed E-state index contributed by atoms with van der Waals surface area (Å²) in [6.07, 6.45) is 3.29. The predicted molar refractivity (Wildman–Crippen MR) is 115 cm³/mol. The van der Waals surface area contributed by atoms with E-state index in [1.54, 1.807) is 6.92 Å². The largest absolute Gasteiger partial charge is 0.343 e. The number of Topliss-reactive ketones (excluding diaryl/α,β-unsaturated/α-hetero) is 1. The highest BCUT2D eigenvalue weighted by Gasteiger charge is 2.21. The lowest BCUT2D eigenvalue weighted by molar-refractivity contribution is 0.101. The topological polar surface area (TPSA) is 34.0 Å². The smallest absolute Gasteiger partial charge is 0.162 e. The van der Waals surface area contributed by atoms with Crippen molar-refractivity contribution in [2.75, 3.05) is 6.54 Å². The molecule has 3 aromatic rings. The van der Waals surface area contributed by atoms with Crippen molar-refractivity contribution in [3.8, 4) is 0 Å². The molecule has 0 unspecified atom stereocenters. The molecule has 0 fully saturated rings. The van der Waals surface area contributed by atoms with Gasteiger partial charge in [-0.15, -0.1) is 0 Å². The molecule has 27 heavy (non-hydrogen) atoms. The first kappa shape index (κ1) is 18.5. The molecule has 0 saturated heterocycles. The van der Waals surface area contributed by atoms with Crippen LogP contribution in [0.15, 0.2) is 46.9 Å². The average Bonchev–Trinajstić information content (AvgIpc) is 3.17. The van der Waals surface area contributed by atoms with Gasteiger partial charge in [0.1, 0.15) is 0 Å². The molecule has 1 heterocycles. The molecule has 1 aliphatic rings. The Balaban J connectivity index is 1.44. The minimum absolute atomic E-state index is 0.135. The van der Waals surface area contributed by atoms with Crippen molar-refractivity contribution in [1.82, 2.24) is 9.88 Å². The van der Waals surface area contributed by atoms with Crippen LogP contribution >= 0.6 is 15.9 Å². The summed E-state index contributed by atoms with van der Waals surface area (Å²) in [5, 5.41) is 4.77. The first-order valence-corrected chi connectivity index (χ1v) is 10.4. The van der Waals surface area contributed by atoms with Crippen molar-refractivity contribution in [1.29, 1.82) is 0 Å². The van der Waals surface area contributed by atoms with Gasteiger partial charge in [-0.3, -0.25) is 4.79 Å². The summed E-state index contributed by atoms with van der Waals surface area (Å²) in [5.74, 6) is 0.135. The van der Waals surface area contributed by atoms with Gasteiger partial charge in [0.05, 0.1) is 5.52 Å². The minimum Gasteiger partial charge on any atom is -0.343 e. The number of nitrogens with one attached hydrogen (secondary N) is 1. The number of hydrogen-bond donors (Lipinski definition) is 1. The molecule has 0 amide bonds. The molecule has 0 saturated carbocycles. The van der Waals surface area contributed by atoms with Crippen molar-refractivity contribution < 1.29 is 4.79 Å². The average molecular weight is 425 g/mol. The SMILES string of the molecule is CC(=O)c1c(C)n(CCCNC2Cc3ccccc3C2)c2c(Br)cccc12. The number of hydrogen-bond acceptors (Lipinski definition) is 2. The van der Waals surface area contributed by atoms with Gasteiger partial charge in [-0.1, -0.05) is 36.4 Å². The first-order valence-electron chi connectivity index (χ1n) is 9.64. The van der Waals surface area contributed by atoms with Gasteiger partial charge in [0.25, 0.3) is 0 Å². The fraction of sp³-hybridized carbons (Fsp3) is 0.348. The molecule has 140 valence electrons. The third kappa shape index (κ3) is 3.48. The molecular formula is C23H25BrN2O. The Hall–Kier alpha value is -1.91. The van der Waals surface area contributed by atoms with E-state index in [0.29, 0.717) is 6.04 Å². The maximum Gasteiger partial charge on any atom is 0.162 e.